The average molecular weight is 778 g/mol. The summed E-state index contributed by atoms with van der Waals surface area (Å²) in [6.07, 6.45) is -0.498. The van der Waals surface area contributed by atoms with Crippen molar-refractivity contribution in [2.24, 2.45) is 0 Å². The van der Waals surface area contributed by atoms with Crippen molar-refractivity contribution in [1.29, 1.82) is 0 Å². The van der Waals surface area contributed by atoms with Crippen molar-refractivity contribution in [3.05, 3.63) is 181 Å². The fourth-order valence-corrected chi connectivity index (χ4v) is 11.8. The van der Waals surface area contributed by atoms with Crippen molar-refractivity contribution in [2.45, 2.75) is 38.5 Å². The Morgan fingerprint density at radius 3 is 1.12 bits per heavy atom. The molecule has 7 rings (SSSR count). The molecule has 1 fully saturated rings. The molecule has 1 heterocycles. The van der Waals surface area contributed by atoms with Crippen molar-refractivity contribution < 1.29 is 19.1 Å². The summed E-state index contributed by atoms with van der Waals surface area (Å²) >= 11 is 0. The Labute approximate surface area is 331 Å². The molecule has 6 aromatic carbocycles. The van der Waals surface area contributed by atoms with Gasteiger partial charge in [-0.15, -0.1) is 0 Å². The van der Waals surface area contributed by atoms with E-state index in [1.54, 1.807) is 4.90 Å². The molecule has 2 N–H and O–H groups in total. The molecule has 56 heavy (non-hydrogen) atoms. The van der Waals surface area contributed by atoms with Crippen molar-refractivity contribution in [3.63, 3.8) is 0 Å². The summed E-state index contributed by atoms with van der Waals surface area (Å²) < 4.78 is 5.76. The van der Waals surface area contributed by atoms with Crippen LogP contribution in [0.4, 0.5) is 4.79 Å². The first-order valence-corrected chi connectivity index (χ1v) is 21.4. The highest BCUT2D eigenvalue weighted by atomic mass is 31.1. The van der Waals surface area contributed by atoms with Gasteiger partial charge in [-0.25, -0.2) is 4.79 Å². The molecule has 1 saturated heterocycles. The van der Waals surface area contributed by atoms with Gasteiger partial charge in [0.1, 0.15) is 5.60 Å². The number of likely N-dealkylation sites (tertiary alicyclic amines) is 1. The molecule has 1 aliphatic heterocycles. The molecule has 1 aliphatic rings. The van der Waals surface area contributed by atoms with Crippen molar-refractivity contribution in [3.8, 4) is 0 Å². The molecule has 0 radical (unpaired) electrons. The van der Waals surface area contributed by atoms with E-state index >= 15 is 0 Å². The number of ether oxygens (including phenoxy) is 1. The highest BCUT2D eigenvalue weighted by Crippen LogP contribution is 2.35. The summed E-state index contributed by atoms with van der Waals surface area (Å²) in [7, 11) is -2.14. The summed E-state index contributed by atoms with van der Waals surface area (Å²) in [6, 6.07) is 55.2. The Kier molecular flexibility index (Phi) is 12.1. The maximum Gasteiger partial charge on any atom is 0.410 e. The Balaban J connectivity index is 1.21. The van der Waals surface area contributed by atoms with Gasteiger partial charge in [0, 0.05) is 24.2 Å². The van der Waals surface area contributed by atoms with E-state index in [1.165, 1.54) is 0 Å². The van der Waals surface area contributed by atoms with E-state index in [4.69, 9.17) is 4.74 Å². The minimum Gasteiger partial charge on any atom is -0.444 e. The second-order valence-electron chi connectivity index (χ2n) is 14.6. The monoisotopic (exact) mass is 777 g/mol. The van der Waals surface area contributed by atoms with Crippen molar-refractivity contribution in [2.75, 3.05) is 13.1 Å². The standard InChI is InChI=1S/C47H45N3O4P2/c1-47(2,3)54-46(53)50-32-40(48-44(51)38-28-16-18-30-42(38)55(34-20-8-4-9-21-34)35-22-10-5-11-23-35)41(33-50)49-45(52)39-29-17-19-31-43(39)56(36-24-12-6-13-25-36)37-26-14-7-15-27-37/h4-31,40-41H,32-33H2,1-3H3,(H,48,51)(H,49,52)/t40-,41-/m1/s1. The molecule has 0 aliphatic carbocycles. The lowest BCUT2D eigenvalue weighted by Gasteiger charge is -2.25. The summed E-state index contributed by atoms with van der Waals surface area (Å²) in [5, 5.41) is 12.8. The molecule has 0 spiro atoms. The van der Waals surface area contributed by atoms with Gasteiger partial charge in [0.25, 0.3) is 11.8 Å². The fourth-order valence-electron chi connectivity index (χ4n) is 6.95. The minimum atomic E-state index is -1.07. The molecule has 7 nitrogen and oxygen atoms in total. The number of rotatable bonds is 10. The summed E-state index contributed by atoms with van der Waals surface area (Å²) in [5.74, 6) is -0.542. The molecule has 2 atom stereocenters. The van der Waals surface area contributed by atoms with E-state index in [2.05, 4.69) is 59.2 Å². The number of nitrogens with zero attached hydrogens (tertiary/aromatic N) is 1. The van der Waals surface area contributed by atoms with Crippen LogP contribution >= 0.6 is 15.8 Å². The summed E-state index contributed by atoms with van der Waals surface area (Å²) in [4.78, 5) is 44.0. The summed E-state index contributed by atoms with van der Waals surface area (Å²) in [6.45, 7) is 5.80. The second kappa shape index (κ2) is 17.5. The molecule has 0 saturated carbocycles. The number of carbonyl (C=O) groups excluding carboxylic acids is 3. The number of nitrogens with one attached hydrogen (secondary N) is 2. The van der Waals surface area contributed by atoms with Crippen LogP contribution in [-0.2, 0) is 4.74 Å². The smallest absolute Gasteiger partial charge is 0.410 e. The molecule has 0 unspecified atom stereocenters. The Morgan fingerprint density at radius 2 is 0.804 bits per heavy atom. The van der Waals surface area contributed by atoms with Crippen LogP contribution < -0.4 is 42.5 Å². The highest BCUT2D eigenvalue weighted by molar-refractivity contribution is 7.80. The number of benzene rings is 6. The van der Waals surface area contributed by atoms with E-state index in [9.17, 15) is 14.4 Å². The fraction of sp³-hybridized carbons (Fsp3) is 0.170. The first kappa shape index (κ1) is 38.7. The third kappa shape index (κ3) is 9.08. The van der Waals surface area contributed by atoms with Crippen molar-refractivity contribution >= 4 is 65.6 Å². The topological polar surface area (TPSA) is 87.7 Å². The molecule has 0 aromatic heterocycles. The van der Waals surface area contributed by atoms with Gasteiger partial charge in [0.2, 0.25) is 0 Å². The maximum atomic E-state index is 14.5. The molecular weight excluding hydrogens is 732 g/mol. The Morgan fingerprint density at radius 1 is 0.500 bits per heavy atom. The van der Waals surface area contributed by atoms with E-state index in [1.807, 2.05) is 142 Å². The second-order valence-corrected chi connectivity index (χ2v) is 19.0. The average Bonchev–Trinajstić information content (AvgIpc) is 3.61. The van der Waals surface area contributed by atoms with Crippen LogP contribution in [0.15, 0.2) is 170 Å². The zero-order chi connectivity index (χ0) is 39.1. The highest BCUT2D eigenvalue weighted by Gasteiger charge is 2.40. The van der Waals surface area contributed by atoms with Gasteiger partial charge in [-0.05, 0) is 80.6 Å². The van der Waals surface area contributed by atoms with E-state index in [0.29, 0.717) is 11.1 Å². The number of hydrogen-bond donors (Lipinski definition) is 2. The zero-order valence-corrected chi connectivity index (χ0v) is 33.5. The van der Waals surface area contributed by atoms with Crippen molar-refractivity contribution in [1.82, 2.24) is 15.5 Å². The van der Waals surface area contributed by atoms with Crippen LogP contribution in [0, 0.1) is 0 Å². The lowest BCUT2D eigenvalue weighted by Crippen LogP contribution is -2.52. The van der Waals surface area contributed by atoms with Crippen LogP contribution in [0.2, 0.25) is 0 Å². The van der Waals surface area contributed by atoms with Crippen LogP contribution in [0.5, 0.6) is 0 Å². The van der Waals surface area contributed by atoms with Gasteiger partial charge in [0.15, 0.2) is 0 Å². The summed E-state index contributed by atoms with van der Waals surface area (Å²) in [5.41, 5.74) is 0.385. The van der Waals surface area contributed by atoms with E-state index in [-0.39, 0.29) is 24.9 Å². The number of amides is 3. The van der Waals surface area contributed by atoms with Gasteiger partial charge in [-0.2, -0.15) is 0 Å². The minimum absolute atomic E-state index is 0.169. The Hall–Kier alpha value is -5.61. The third-order valence-electron chi connectivity index (χ3n) is 9.44. The van der Waals surface area contributed by atoms with Crippen LogP contribution in [0.1, 0.15) is 41.5 Å². The predicted octanol–water partition coefficient (Wildman–Crippen LogP) is 6.35. The van der Waals surface area contributed by atoms with Crippen LogP contribution in [0.3, 0.4) is 0 Å². The van der Waals surface area contributed by atoms with Gasteiger partial charge in [-0.1, -0.05) is 158 Å². The van der Waals surface area contributed by atoms with Gasteiger partial charge in [0.05, 0.1) is 12.1 Å². The first-order chi connectivity index (χ1) is 27.2. The lowest BCUT2D eigenvalue weighted by molar-refractivity contribution is 0.0286. The molecule has 9 heteroatoms. The first-order valence-electron chi connectivity index (χ1n) is 18.7. The quantitative estimate of drug-likeness (QED) is 0.159. The molecule has 6 aromatic rings. The SMILES string of the molecule is CC(C)(C)OC(=O)N1C[C@@H](NC(=O)c2ccccc2P(c2ccccc2)c2ccccc2)[C@H](NC(=O)c2ccccc2P(c2ccccc2)c2ccccc2)C1. The molecule has 282 valence electrons. The van der Waals surface area contributed by atoms with Crippen LogP contribution in [-0.4, -0.2) is 53.6 Å². The lowest BCUT2D eigenvalue weighted by atomic mass is 10.1. The number of hydrogen-bond acceptors (Lipinski definition) is 4. The van der Waals surface area contributed by atoms with E-state index < -0.39 is 39.6 Å². The molecule has 0 bridgehead atoms. The maximum absolute atomic E-state index is 14.5. The van der Waals surface area contributed by atoms with Gasteiger partial charge >= 0.3 is 6.09 Å². The van der Waals surface area contributed by atoms with E-state index in [0.717, 1.165) is 31.8 Å². The predicted molar refractivity (Wildman–Crippen MR) is 231 cm³/mol. The zero-order valence-electron chi connectivity index (χ0n) is 31.7. The molecular formula is C47H45N3O4P2. The van der Waals surface area contributed by atoms with Gasteiger partial charge in [-0.3, -0.25) is 9.59 Å². The Bertz CT molecular complexity index is 2040. The largest absolute Gasteiger partial charge is 0.444 e. The normalized spacial score (nSPS) is 15.4. The molecule has 3 amide bonds. The third-order valence-corrected chi connectivity index (χ3v) is 14.4. The number of carbonyl (C=O) groups is 3. The van der Waals surface area contributed by atoms with Crippen LogP contribution in [0.25, 0.3) is 0 Å². The van der Waals surface area contributed by atoms with Gasteiger partial charge < -0.3 is 20.3 Å².